The number of rotatable bonds is 8. The highest BCUT2D eigenvalue weighted by Crippen LogP contribution is 2.19. The smallest absolute Gasteiger partial charge is 0.121 e. The first-order valence-corrected chi connectivity index (χ1v) is 7.94. The third kappa shape index (κ3) is 5.49. The molecule has 0 radical (unpaired) electrons. The average Bonchev–Trinajstić information content (AvgIpc) is 2.53. The summed E-state index contributed by atoms with van der Waals surface area (Å²) in [6, 6.07) is 15.4. The van der Waals surface area contributed by atoms with Crippen LogP contribution in [0.4, 0.5) is 5.69 Å². The van der Waals surface area contributed by atoms with Crippen LogP contribution < -0.4 is 14.8 Å². The highest BCUT2D eigenvalue weighted by Gasteiger charge is 2.04. The van der Waals surface area contributed by atoms with E-state index in [9.17, 15) is 0 Å². The summed E-state index contributed by atoms with van der Waals surface area (Å²) in [5.41, 5.74) is 1.03. The van der Waals surface area contributed by atoms with Crippen molar-refractivity contribution in [3.05, 3.63) is 53.6 Å². The van der Waals surface area contributed by atoms with Crippen molar-refractivity contribution >= 4 is 17.3 Å². The third-order valence-corrected chi connectivity index (χ3v) is 3.30. The van der Waals surface area contributed by atoms with Crippen molar-refractivity contribution in [3.63, 3.8) is 0 Å². The molecule has 22 heavy (non-hydrogen) atoms. The standard InChI is InChI=1S/C18H22ClNO2/c1-3-11-21-18-6-4-5-16(12-18)20-13-14(2)22-17-9-7-15(19)8-10-17/h4-10,12,14,20H,3,11,13H2,1-2H3. The molecule has 0 aromatic heterocycles. The van der Waals surface area contributed by atoms with Crippen molar-refractivity contribution in [2.75, 3.05) is 18.5 Å². The van der Waals surface area contributed by atoms with E-state index >= 15 is 0 Å². The van der Waals surface area contributed by atoms with E-state index < -0.39 is 0 Å². The molecule has 2 aromatic rings. The van der Waals surface area contributed by atoms with Crippen LogP contribution in [0.3, 0.4) is 0 Å². The fourth-order valence-corrected chi connectivity index (χ4v) is 2.09. The predicted octanol–water partition coefficient (Wildman–Crippen LogP) is 5.01. The second-order valence-corrected chi connectivity index (χ2v) is 5.58. The molecular weight excluding hydrogens is 298 g/mol. The van der Waals surface area contributed by atoms with Crippen LogP contribution in [0.2, 0.25) is 5.02 Å². The van der Waals surface area contributed by atoms with Crippen LogP contribution in [0, 0.1) is 0 Å². The molecular formula is C18H22ClNO2. The summed E-state index contributed by atoms with van der Waals surface area (Å²) in [7, 11) is 0. The number of ether oxygens (including phenoxy) is 2. The number of halogens is 1. The first kappa shape index (κ1) is 16.5. The zero-order valence-electron chi connectivity index (χ0n) is 13.0. The molecule has 1 N–H and O–H groups in total. The predicted molar refractivity (Wildman–Crippen MR) is 92.3 cm³/mol. The van der Waals surface area contributed by atoms with E-state index in [1.165, 1.54) is 0 Å². The van der Waals surface area contributed by atoms with Crippen LogP contribution in [-0.2, 0) is 0 Å². The summed E-state index contributed by atoms with van der Waals surface area (Å²) < 4.78 is 11.5. The lowest BCUT2D eigenvalue weighted by Gasteiger charge is -2.16. The molecule has 0 aliphatic rings. The molecule has 2 rings (SSSR count). The number of hydrogen-bond donors (Lipinski definition) is 1. The summed E-state index contributed by atoms with van der Waals surface area (Å²) >= 11 is 5.86. The first-order valence-electron chi connectivity index (χ1n) is 7.56. The Hall–Kier alpha value is -1.87. The van der Waals surface area contributed by atoms with E-state index in [1.54, 1.807) is 0 Å². The molecule has 118 valence electrons. The molecule has 0 saturated carbocycles. The summed E-state index contributed by atoms with van der Waals surface area (Å²) in [6.45, 7) is 5.57. The number of nitrogens with one attached hydrogen (secondary N) is 1. The molecule has 0 aliphatic heterocycles. The number of benzene rings is 2. The molecule has 0 amide bonds. The molecule has 2 aromatic carbocycles. The van der Waals surface area contributed by atoms with Gasteiger partial charge in [-0.2, -0.15) is 0 Å². The quantitative estimate of drug-likeness (QED) is 0.742. The highest BCUT2D eigenvalue weighted by molar-refractivity contribution is 6.30. The van der Waals surface area contributed by atoms with Crippen LogP contribution in [0.25, 0.3) is 0 Å². The maximum Gasteiger partial charge on any atom is 0.121 e. The largest absolute Gasteiger partial charge is 0.494 e. The average molecular weight is 320 g/mol. The van der Waals surface area contributed by atoms with Crippen molar-refractivity contribution in [1.29, 1.82) is 0 Å². The van der Waals surface area contributed by atoms with Gasteiger partial charge >= 0.3 is 0 Å². The topological polar surface area (TPSA) is 30.5 Å². The van der Waals surface area contributed by atoms with Crippen molar-refractivity contribution in [2.45, 2.75) is 26.4 Å². The first-order chi connectivity index (χ1) is 10.7. The second kappa shape index (κ2) is 8.54. The Kier molecular flexibility index (Phi) is 6.41. The maximum atomic E-state index is 5.86. The van der Waals surface area contributed by atoms with E-state index in [0.717, 1.165) is 30.2 Å². The van der Waals surface area contributed by atoms with E-state index in [2.05, 4.69) is 12.2 Å². The Morgan fingerprint density at radius 2 is 1.86 bits per heavy atom. The van der Waals surface area contributed by atoms with Crippen molar-refractivity contribution in [3.8, 4) is 11.5 Å². The van der Waals surface area contributed by atoms with Gasteiger partial charge in [0.1, 0.15) is 17.6 Å². The minimum absolute atomic E-state index is 0.0430. The van der Waals surface area contributed by atoms with Crippen LogP contribution in [-0.4, -0.2) is 19.3 Å². The molecule has 0 fully saturated rings. The molecule has 3 nitrogen and oxygen atoms in total. The van der Waals surface area contributed by atoms with Gasteiger partial charge in [0.15, 0.2) is 0 Å². The summed E-state index contributed by atoms with van der Waals surface area (Å²) in [6.07, 6.45) is 1.05. The minimum Gasteiger partial charge on any atom is -0.494 e. The monoisotopic (exact) mass is 319 g/mol. The zero-order valence-corrected chi connectivity index (χ0v) is 13.8. The van der Waals surface area contributed by atoms with Crippen LogP contribution >= 0.6 is 11.6 Å². The van der Waals surface area contributed by atoms with Crippen LogP contribution in [0.15, 0.2) is 48.5 Å². The lowest BCUT2D eigenvalue weighted by molar-refractivity contribution is 0.235. The van der Waals surface area contributed by atoms with E-state index in [4.69, 9.17) is 21.1 Å². The van der Waals surface area contributed by atoms with Crippen molar-refractivity contribution in [1.82, 2.24) is 0 Å². The summed E-state index contributed by atoms with van der Waals surface area (Å²) in [5.74, 6) is 1.71. The lowest BCUT2D eigenvalue weighted by Crippen LogP contribution is -2.22. The van der Waals surface area contributed by atoms with Gasteiger partial charge in [0.2, 0.25) is 0 Å². The zero-order chi connectivity index (χ0) is 15.8. The van der Waals surface area contributed by atoms with Gasteiger partial charge in [-0.3, -0.25) is 0 Å². The molecule has 1 unspecified atom stereocenters. The van der Waals surface area contributed by atoms with Gasteiger partial charge in [-0.1, -0.05) is 24.6 Å². The number of hydrogen-bond acceptors (Lipinski definition) is 3. The Bertz CT molecular complexity index is 572. The molecule has 0 bridgehead atoms. The Morgan fingerprint density at radius 1 is 1.09 bits per heavy atom. The fourth-order valence-electron chi connectivity index (χ4n) is 1.96. The van der Waals surface area contributed by atoms with Gasteiger partial charge < -0.3 is 14.8 Å². The maximum absolute atomic E-state index is 5.86. The normalized spacial score (nSPS) is 11.8. The second-order valence-electron chi connectivity index (χ2n) is 5.14. The Balaban J connectivity index is 1.82. The van der Waals surface area contributed by atoms with Crippen molar-refractivity contribution < 1.29 is 9.47 Å². The Labute approximate surface area is 137 Å². The van der Waals surface area contributed by atoms with Gasteiger partial charge in [0, 0.05) is 16.8 Å². The Morgan fingerprint density at radius 3 is 2.59 bits per heavy atom. The minimum atomic E-state index is 0.0430. The van der Waals surface area contributed by atoms with Gasteiger partial charge in [-0.15, -0.1) is 0 Å². The number of anilines is 1. The fraction of sp³-hybridized carbons (Fsp3) is 0.333. The SMILES string of the molecule is CCCOc1cccc(NCC(C)Oc2ccc(Cl)cc2)c1. The van der Waals surface area contributed by atoms with Gasteiger partial charge in [0.25, 0.3) is 0 Å². The van der Waals surface area contributed by atoms with Crippen LogP contribution in [0.5, 0.6) is 11.5 Å². The molecule has 0 spiro atoms. The van der Waals surface area contributed by atoms with E-state index in [-0.39, 0.29) is 6.10 Å². The molecule has 1 atom stereocenters. The van der Waals surface area contributed by atoms with Gasteiger partial charge in [-0.25, -0.2) is 0 Å². The van der Waals surface area contributed by atoms with E-state index in [0.29, 0.717) is 11.6 Å². The van der Waals surface area contributed by atoms with Crippen molar-refractivity contribution in [2.24, 2.45) is 0 Å². The highest BCUT2D eigenvalue weighted by atomic mass is 35.5. The van der Waals surface area contributed by atoms with E-state index in [1.807, 2.05) is 55.5 Å². The molecule has 0 aliphatic carbocycles. The van der Waals surface area contributed by atoms with Crippen LogP contribution in [0.1, 0.15) is 20.3 Å². The lowest BCUT2D eigenvalue weighted by atomic mass is 10.3. The van der Waals surface area contributed by atoms with Gasteiger partial charge in [0.05, 0.1) is 13.2 Å². The summed E-state index contributed by atoms with van der Waals surface area (Å²) in [4.78, 5) is 0. The molecule has 0 saturated heterocycles. The molecule has 4 heteroatoms. The van der Waals surface area contributed by atoms with Gasteiger partial charge in [-0.05, 0) is 49.7 Å². The molecule has 0 heterocycles. The summed E-state index contributed by atoms with van der Waals surface area (Å²) in [5, 5.41) is 4.07. The third-order valence-electron chi connectivity index (χ3n) is 3.05.